The van der Waals surface area contributed by atoms with E-state index >= 15 is 0 Å². The monoisotopic (exact) mass is 317 g/mol. The third-order valence-electron chi connectivity index (χ3n) is 3.18. The van der Waals surface area contributed by atoms with Crippen molar-refractivity contribution in [3.8, 4) is 0 Å². The number of esters is 1. The molecule has 5 nitrogen and oxygen atoms in total. The van der Waals surface area contributed by atoms with Crippen molar-refractivity contribution in [3.63, 3.8) is 0 Å². The van der Waals surface area contributed by atoms with Gasteiger partial charge in [-0.2, -0.15) is 0 Å². The number of hydrogen-bond donors (Lipinski definition) is 1. The molecule has 1 aliphatic rings. The Bertz CT molecular complexity index is 485. The molecule has 1 saturated heterocycles. The number of piperazine rings is 1. The Labute approximate surface area is 128 Å². The summed E-state index contributed by atoms with van der Waals surface area (Å²) in [6.07, 6.45) is 0. The van der Waals surface area contributed by atoms with Gasteiger partial charge in [-0.05, 0) is 13.0 Å². The van der Waals surface area contributed by atoms with E-state index in [-0.39, 0.29) is 12.0 Å². The van der Waals surface area contributed by atoms with Gasteiger partial charge in [0.25, 0.3) is 0 Å². The molecule has 0 aromatic carbocycles. The first-order valence-electron chi connectivity index (χ1n) is 6.54. The van der Waals surface area contributed by atoms with Crippen LogP contribution in [0.25, 0.3) is 0 Å². The van der Waals surface area contributed by atoms with Crippen molar-refractivity contribution in [1.82, 2.24) is 15.2 Å². The summed E-state index contributed by atoms with van der Waals surface area (Å²) in [5.41, 5.74) is 0.854. The van der Waals surface area contributed by atoms with Gasteiger partial charge in [-0.25, -0.2) is 4.98 Å². The van der Waals surface area contributed by atoms with Crippen LogP contribution in [0.4, 0.5) is 0 Å². The highest BCUT2D eigenvalue weighted by atomic mass is 35.5. The van der Waals surface area contributed by atoms with Crippen LogP contribution in [0.1, 0.15) is 12.5 Å². The molecule has 1 aromatic heterocycles. The highest BCUT2D eigenvalue weighted by Crippen LogP contribution is 2.20. The molecule has 2 heterocycles. The summed E-state index contributed by atoms with van der Waals surface area (Å²) in [6.45, 7) is 4.90. The Morgan fingerprint density at radius 1 is 1.55 bits per heavy atom. The van der Waals surface area contributed by atoms with Crippen LogP contribution in [-0.2, 0) is 16.1 Å². The lowest BCUT2D eigenvalue weighted by Crippen LogP contribution is -2.54. The molecule has 1 atom stereocenters. The Kier molecular flexibility index (Phi) is 5.60. The van der Waals surface area contributed by atoms with E-state index in [2.05, 4.69) is 10.3 Å². The van der Waals surface area contributed by atoms with E-state index in [4.69, 9.17) is 27.9 Å². The quantitative estimate of drug-likeness (QED) is 0.677. The SMILES string of the molecule is CCOC(=O)C1CNCCN1Cc1ccc(Cl)nc1Cl. The number of halogens is 2. The Morgan fingerprint density at radius 3 is 3.05 bits per heavy atom. The number of hydrogen-bond acceptors (Lipinski definition) is 5. The predicted octanol–water partition coefficient (Wildman–Crippen LogP) is 1.73. The Hall–Kier alpha value is -0.880. The van der Waals surface area contributed by atoms with Crippen molar-refractivity contribution < 1.29 is 9.53 Å². The molecule has 2 rings (SSSR count). The van der Waals surface area contributed by atoms with E-state index in [0.717, 1.165) is 18.7 Å². The number of carbonyl (C=O) groups is 1. The number of carbonyl (C=O) groups excluding carboxylic acids is 1. The average Bonchev–Trinajstić information content (AvgIpc) is 2.43. The molecule has 0 amide bonds. The largest absolute Gasteiger partial charge is 0.465 e. The summed E-state index contributed by atoms with van der Waals surface area (Å²) in [6, 6.07) is 3.24. The molecule has 0 bridgehead atoms. The van der Waals surface area contributed by atoms with Crippen LogP contribution in [0, 0.1) is 0 Å². The van der Waals surface area contributed by atoms with Gasteiger partial charge in [-0.3, -0.25) is 9.69 Å². The van der Waals surface area contributed by atoms with Crippen molar-refractivity contribution in [2.24, 2.45) is 0 Å². The standard InChI is InChI=1S/C13H17Cl2N3O2/c1-2-20-13(19)10-7-16-5-6-18(10)8-9-3-4-11(14)17-12(9)15/h3-4,10,16H,2,5-8H2,1H3. The molecule has 1 aliphatic heterocycles. The maximum atomic E-state index is 12.0. The highest BCUT2D eigenvalue weighted by Gasteiger charge is 2.30. The van der Waals surface area contributed by atoms with Gasteiger partial charge in [0.2, 0.25) is 0 Å². The predicted molar refractivity (Wildman–Crippen MR) is 78.0 cm³/mol. The van der Waals surface area contributed by atoms with Crippen LogP contribution < -0.4 is 5.32 Å². The van der Waals surface area contributed by atoms with Crippen molar-refractivity contribution in [3.05, 3.63) is 28.0 Å². The van der Waals surface area contributed by atoms with Crippen LogP contribution in [0.5, 0.6) is 0 Å². The lowest BCUT2D eigenvalue weighted by atomic mass is 10.1. The topological polar surface area (TPSA) is 54.5 Å². The molecule has 0 spiro atoms. The Morgan fingerprint density at radius 2 is 2.35 bits per heavy atom. The van der Waals surface area contributed by atoms with Gasteiger partial charge in [0, 0.05) is 31.7 Å². The molecular weight excluding hydrogens is 301 g/mol. The van der Waals surface area contributed by atoms with Crippen LogP contribution in [0.2, 0.25) is 10.3 Å². The first kappa shape index (κ1) is 15.5. The highest BCUT2D eigenvalue weighted by molar-refractivity contribution is 6.32. The van der Waals surface area contributed by atoms with Gasteiger partial charge in [0.15, 0.2) is 0 Å². The smallest absolute Gasteiger partial charge is 0.324 e. The van der Waals surface area contributed by atoms with Crippen LogP contribution >= 0.6 is 23.2 Å². The lowest BCUT2D eigenvalue weighted by molar-refractivity contribution is -0.150. The zero-order chi connectivity index (χ0) is 14.5. The normalized spacial score (nSPS) is 19.9. The fraction of sp³-hybridized carbons (Fsp3) is 0.538. The minimum absolute atomic E-state index is 0.210. The van der Waals surface area contributed by atoms with Gasteiger partial charge in [-0.1, -0.05) is 29.3 Å². The van der Waals surface area contributed by atoms with Crippen LogP contribution in [0.3, 0.4) is 0 Å². The van der Waals surface area contributed by atoms with E-state index in [1.165, 1.54) is 0 Å². The van der Waals surface area contributed by atoms with Crippen LogP contribution in [-0.4, -0.2) is 48.1 Å². The van der Waals surface area contributed by atoms with E-state index in [1.807, 2.05) is 11.0 Å². The van der Waals surface area contributed by atoms with Crippen LogP contribution in [0.15, 0.2) is 12.1 Å². The summed E-state index contributed by atoms with van der Waals surface area (Å²) in [7, 11) is 0. The molecule has 110 valence electrons. The third kappa shape index (κ3) is 3.82. The molecule has 1 aromatic rings. The van der Waals surface area contributed by atoms with Crippen molar-refractivity contribution in [2.75, 3.05) is 26.2 Å². The molecule has 20 heavy (non-hydrogen) atoms. The second kappa shape index (κ2) is 7.22. The van der Waals surface area contributed by atoms with E-state index in [1.54, 1.807) is 13.0 Å². The van der Waals surface area contributed by atoms with E-state index in [9.17, 15) is 4.79 Å². The fourth-order valence-electron chi connectivity index (χ4n) is 2.18. The lowest BCUT2D eigenvalue weighted by Gasteiger charge is -2.34. The number of nitrogens with one attached hydrogen (secondary N) is 1. The number of nitrogens with zero attached hydrogens (tertiary/aromatic N) is 2. The summed E-state index contributed by atoms with van der Waals surface area (Å²) in [5.74, 6) is -0.210. The fourth-order valence-corrected chi connectivity index (χ4v) is 2.59. The first-order chi connectivity index (χ1) is 9.61. The number of rotatable bonds is 4. The van der Waals surface area contributed by atoms with Crippen molar-refractivity contribution in [2.45, 2.75) is 19.5 Å². The minimum atomic E-state index is -0.296. The second-order valence-electron chi connectivity index (χ2n) is 4.53. The van der Waals surface area contributed by atoms with Crippen molar-refractivity contribution >= 4 is 29.2 Å². The number of pyridine rings is 1. The van der Waals surface area contributed by atoms with Crippen molar-refractivity contribution in [1.29, 1.82) is 0 Å². The minimum Gasteiger partial charge on any atom is -0.465 e. The average molecular weight is 318 g/mol. The molecule has 1 N–H and O–H groups in total. The van der Waals surface area contributed by atoms with E-state index < -0.39 is 0 Å². The number of aromatic nitrogens is 1. The molecule has 1 fully saturated rings. The third-order valence-corrected chi connectivity index (χ3v) is 3.72. The molecule has 0 saturated carbocycles. The zero-order valence-corrected chi connectivity index (χ0v) is 12.7. The molecule has 7 heteroatoms. The van der Waals surface area contributed by atoms with Gasteiger partial charge in [0.05, 0.1) is 6.61 Å². The summed E-state index contributed by atoms with van der Waals surface area (Å²) in [5, 5.41) is 3.94. The summed E-state index contributed by atoms with van der Waals surface area (Å²) >= 11 is 11.9. The summed E-state index contributed by atoms with van der Waals surface area (Å²) < 4.78 is 5.11. The Balaban J connectivity index is 2.10. The molecule has 1 unspecified atom stereocenters. The van der Waals surface area contributed by atoms with Gasteiger partial charge in [0.1, 0.15) is 16.3 Å². The molecule has 0 radical (unpaired) electrons. The molecule has 0 aliphatic carbocycles. The molecular formula is C13H17Cl2N3O2. The maximum absolute atomic E-state index is 12.0. The van der Waals surface area contributed by atoms with E-state index in [0.29, 0.717) is 30.0 Å². The van der Waals surface area contributed by atoms with Gasteiger partial charge >= 0.3 is 5.97 Å². The first-order valence-corrected chi connectivity index (χ1v) is 7.29. The number of ether oxygens (including phenoxy) is 1. The van der Waals surface area contributed by atoms with Gasteiger partial charge in [-0.15, -0.1) is 0 Å². The second-order valence-corrected chi connectivity index (χ2v) is 5.27. The zero-order valence-electron chi connectivity index (χ0n) is 11.2. The van der Waals surface area contributed by atoms with Gasteiger partial charge < -0.3 is 10.1 Å². The summed E-state index contributed by atoms with van der Waals surface area (Å²) in [4.78, 5) is 18.0. The maximum Gasteiger partial charge on any atom is 0.324 e.